The van der Waals surface area contributed by atoms with Crippen molar-refractivity contribution in [3.8, 4) is 22.8 Å². The van der Waals surface area contributed by atoms with Gasteiger partial charge in [-0.05, 0) is 36.4 Å². The molecule has 0 radical (unpaired) electrons. The zero-order valence-corrected chi connectivity index (χ0v) is 20.6. The van der Waals surface area contributed by atoms with Gasteiger partial charge in [-0.3, -0.25) is 14.2 Å². The van der Waals surface area contributed by atoms with E-state index in [0.29, 0.717) is 46.0 Å². The molecule has 0 spiro atoms. The number of fused-ring (bicyclic) bond motifs is 1. The van der Waals surface area contributed by atoms with Crippen LogP contribution in [0.25, 0.3) is 16.9 Å². The van der Waals surface area contributed by atoms with E-state index in [-0.39, 0.29) is 12.5 Å². The van der Waals surface area contributed by atoms with Gasteiger partial charge >= 0.3 is 0 Å². The van der Waals surface area contributed by atoms with Gasteiger partial charge in [0.1, 0.15) is 11.5 Å². The molecular weight excluding hydrogens is 493 g/mol. The largest absolute Gasteiger partial charge is 0.493 e. The van der Waals surface area contributed by atoms with E-state index in [9.17, 15) is 4.79 Å². The Bertz CT molecular complexity index is 1320. The highest BCUT2D eigenvalue weighted by molar-refractivity contribution is 6.35. The van der Waals surface area contributed by atoms with Gasteiger partial charge in [-0.1, -0.05) is 23.2 Å². The number of amides is 1. The first-order valence-corrected chi connectivity index (χ1v) is 11.4. The summed E-state index contributed by atoms with van der Waals surface area (Å²) in [6, 6.07) is 10.2. The molecule has 2 aromatic carbocycles. The summed E-state index contributed by atoms with van der Waals surface area (Å²) in [4.78, 5) is 21.2. The van der Waals surface area contributed by atoms with Crippen LogP contribution in [0.2, 0.25) is 10.0 Å². The Balaban J connectivity index is 1.53. The van der Waals surface area contributed by atoms with E-state index < -0.39 is 0 Å². The molecule has 1 amide bonds. The summed E-state index contributed by atoms with van der Waals surface area (Å²) in [6.45, 7) is 0.909. The van der Waals surface area contributed by atoms with Gasteiger partial charge in [0.15, 0.2) is 23.8 Å². The molecule has 9 nitrogen and oxygen atoms in total. The van der Waals surface area contributed by atoms with Gasteiger partial charge in [0.25, 0.3) is 5.91 Å². The summed E-state index contributed by atoms with van der Waals surface area (Å²) in [5.41, 5.74) is 2.69. The topological polar surface area (TPSA) is 99.0 Å². The summed E-state index contributed by atoms with van der Waals surface area (Å²) >= 11 is 12.0. The van der Waals surface area contributed by atoms with Crippen molar-refractivity contribution in [2.24, 2.45) is 0 Å². The molecule has 182 valence electrons. The lowest BCUT2D eigenvalue weighted by atomic mass is 10.1. The third-order valence-corrected chi connectivity index (χ3v) is 5.41. The second kappa shape index (κ2) is 11.3. The van der Waals surface area contributed by atoms with Crippen molar-refractivity contribution in [1.82, 2.24) is 14.4 Å². The SMILES string of the molecule is COCCNc1c(-c2ccc(OCC(=O)Nc3cc(Cl)cc(Cl)c3)c(OC)c2)nc2cnccn12. The number of benzene rings is 2. The molecule has 4 rings (SSSR count). The molecule has 0 aliphatic carbocycles. The van der Waals surface area contributed by atoms with Crippen molar-refractivity contribution in [2.45, 2.75) is 0 Å². The quantitative estimate of drug-likeness (QED) is 0.293. The minimum atomic E-state index is -0.369. The van der Waals surface area contributed by atoms with Gasteiger partial charge < -0.3 is 24.8 Å². The van der Waals surface area contributed by atoms with Gasteiger partial charge in [-0.25, -0.2) is 4.98 Å². The third kappa shape index (κ3) is 5.94. The number of hydrogen-bond donors (Lipinski definition) is 2. The molecule has 35 heavy (non-hydrogen) atoms. The van der Waals surface area contributed by atoms with Crippen molar-refractivity contribution < 1.29 is 19.0 Å². The lowest BCUT2D eigenvalue weighted by Crippen LogP contribution is -2.20. The molecule has 2 heterocycles. The van der Waals surface area contributed by atoms with Gasteiger partial charge in [0.2, 0.25) is 0 Å². The zero-order valence-electron chi connectivity index (χ0n) is 19.0. The second-order valence-electron chi connectivity index (χ2n) is 7.39. The minimum absolute atomic E-state index is 0.232. The van der Waals surface area contributed by atoms with Crippen molar-refractivity contribution in [3.63, 3.8) is 0 Å². The number of nitrogens with zero attached hydrogens (tertiary/aromatic N) is 3. The third-order valence-electron chi connectivity index (χ3n) is 4.97. The molecular formula is C24H23Cl2N5O4. The predicted octanol–water partition coefficient (Wildman–Crippen LogP) is 4.79. The standard InChI is InChI=1S/C24H23Cl2N5O4/c1-33-8-6-28-24-23(30-21-13-27-5-7-31(21)24)15-3-4-19(20(9-15)34-2)35-14-22(32)29-18-11-16(25)10-17(26)12-18/h3-5,7,9-13,28H,6,8,14H2,1-2H3,(H,29,32). The summed E-state index contributed by atoms with van der Waals surface area (Å²) in [5, 5.41) is 6.91. The molecule has 0 bridgehead atoms. The van der Waals surface area contributed by atoms with Gasteiger partial charge in [-0.15, -0.1) is 0 Å². The van der Waals surface area contributed by atoms with Crippen LogP contribution in [0, 0.1) is 0 Å². The summed E-state index contributed by atoms with van der Waals surface area (Å²) in [7, 11) is 3.18. The fraction of sp³-hybridized carbons (Fsp3) is 0.208. The number of ether oxygens (including phenoxy) is 3. The molecule has 0 unspecified atom stereocenters. The normalized spacial score (nSPS) is 10.9. The van der Waals surface area contributed by atoms with Crippen molar-refractivity contribution in [3.05, 3.63) is 65.0 Å². The molecule has 0 aliphatic heterocycles. The predicted molar refractivity (Wildman–Crippen MR) is 136 cm³/mol. The molecule has 4 aromatic rings. The number of aromatic nitrogens is 3. The van der Waals surface area contributed by atoms with E-state index in [1.165, 1.54) is 7.11 Å². The van der Waals surface area contributed by atoms with E-state index >= 15 is 0 Å². The summed E-state index contributed by atoms with van der Waals surface area (Å²) in [5.74, 6) is 1.30. The molecule has 0 atom stereocenters. The lowest BCUT2D eigenvalue weighted by molar-refractivity contribution is -0.118. The van der Waals surface area contributed by atoms with E-state index in [1.54, 1.807) is 49.8 Å². The molecule has 11 heteroatoms. The number of halogens is 2. The summed E-state index contributed by atoms with van der Waals surface area (Å²) < 4.78 is 18.3. The highest BCUT2D eigenvalue weighted by Crippen LogP contribution is 2.35. The number of methoxy groups -OCH3 is 2. The first kappa shape index (κ1) is 24.6. The number of carbonyl (C=O) groups excluding carboxylic acids is 1. The van der Waals surface area contributed by atoms with E-state index in [1.807, 2.05) is 16.7 Å². The number of carbonyl (C=O) groups is 1. The van der Waals surface area contributed by atoms with Gasteiger partial charge in [0.05, 0.1) is 19.9 Å². The van der Waals surface area contributed by atoms with Crippen molar-refractivity contribution in [2.75, 3.05) is 44.6 Å². The second-order valence-corrected chi connectivity index (χ2v) is 8.27. The Morgan fingerprint density at radius 2 is 1.89 bits per heavy atom. The number of rotatable bonds is 10. The maximum atomic E-state index is 12.4. The summed E-state index contributed by atoms with van der Waals surface area (Å²) in [6.07, 6.45) is 5.21. The highest BCUT2D eigenvalue weighted by Gasteiger charge is 2.17. The minimum Gasteiger partial charge on any atom is -0.493 e. The Labute approximate surface area is 212 Å². The number of hydrogen-bond acceptors (Lipinski definition) is 7. The average Bonchev–Trinajstić information content (AvgIpc) is 3.21. The van der Waals surface area contributed by atoms with Gasteiger partial charge in [0, 0.05) is 47.3 Å². The Morgan fingerprint density at radius 1 is 1.09 bits per heavy atom. The van der Waals surface area contributed by atoms with Crippen molar-refractivity contribution in [1.29, 1.82) is 0 Å². The van der Waals surface area contributed by atoms with Crippen LogP contribution in [0.3, 0.4) is 0 Å². The van der Waals surface area contributed by atoms with E-state index in [0.717, 1.165) is 17.1 Å². The first-order chi connectivity index (χ1) is 17.0. The first-order valence-electron chi connectivity index (χ1n) is 10.6. The maximum absolute atomic E-state index is 12.4. The average molecular weight is 516 g/mol. The van der Waals surface area contributed by atoms with Crippen LogP contribution in [0.1, 0.15) is 0 Å². The van der Waals surface area contributed by atoms with Crippen molar-refractivity contribution >= 4 is 46.3 Å². The smallest absolute Gasteiger partial charge is 0.262 e. The molecule has 0 aliphatic rings. The monoisotopic (exact) mass is 515 g/mol. The number of nitrogens with one attached hydrogen (secondary N) is 2. The van der Waals surface area contributed by atoms with Crippen LogP contribution in [-0.4, -0.2) is 54.3 Å². The highest BCUT2D eigenvalue weighted by atomic mass is 35.5. The Hall–Kier alpha value is -3.53. The van der Waals surface area contributed by atoms with Crippen LogP contribution in [0.4, 0.5) is 11.5 Å². The number of anilines is 2. The van der Waals surface area contributed by atoms with Crippen LogP contribution in [0.15, 0.2) is 55.0 Å². The molecule has 2 N–H and O–H groups in total. The van der Waals surface area contributed by atoms with Gasteiger partial charge in [-0.2, -0.15) is 0 Å². The van der Waals surface area contributed by atoms with Crippen LogP contribution < -0.4 is 20.1 Å². The van der Waals surface area contributed by atoms with Crippen LogP contribution in [-0.2, 0) is 9.53 Å². The van der Waals surface area contributed by atoms with E-state index in [2.05, 4.69) is 15.6 Å². The molecule has 2 aromatic heterocycles. The van der Waals surface area contributed by atoms with Crippen LogP contribution in [0.5, 0.6) is 11.5 Å². The molecule has 0 saturated heterocycles. The Kier molecular flexibility index (Phi) is 7.91. The van der Waals surface area contributed by atoms with Crippen LogP contribution >= 0.6 is 23.2 Å². The fourth-order valence-electron chi connectivity index (χ4n) is 3.45. The fourth-order valence-corrected chi connectivity index (χ4v) is 3.98. The van der Waals surface area contributed by atoms with E-state index in [4.69, 9.17) is 42.4 Å². The Morgan fingerprint density at radius 3 is 2.63 bits per heavy atom. The molecule has 0 fully saturated rings. The lowest BCUT2D eigenvalue weighted by Gasteiger charge is -2.13. The zero-order chi connectivity index (χ0) is 24.8. The number of imidazole rings is 1. The molecule has 0 saturated carbocycles. The maximum Gasteiger partial charge on any atom is 0.262 e.